The van der Waals surface area contributed by atoms with E-state index in [1.165, 1.54) is 25.5 Å². The van der Waals surface area contributed by atoms with E-state index in [-0.39, 0.29) is 11.8 Å². The minimum atomic E-state index is -3.08. The van der Waals surface area contributed by atoms with Crippen LogP contribution in [0.2, 0.25) is 0 Å². The Kier molecular flexibility index (Phi) is 8.82. The maximum atomic E-state index is 11.8. The number of rotatable bonds is 10. The van der Waals surface area contributed by atoms with Crippen LogP contribution in [0.1, 0.15) is 51.5 Å². The van der Waals surface area contributed by atoms with Gasteiger partial charge in [0.1, 0.15) is 0 Å². The lowest BCUT2D eigenvalue weighted by Gasteiger charge is -2.09. The molecule has 0 fully saturated rings. The van der Waals surface area contributed by atoms with E-state index in [1.807, 2.05) is 0 Å². The number of unbranched alkanes of at least 4 members (excludes halogenated alkanes) is 3. The largest absolute Gasteiger partial charge is 0.338 e. The van der Waals surface area contributed by atoms with Crippen LogP contribution >= 0.6 is 0 Å². The summed E-state index contributed by atoms with van der Waals surface area (Å²) >= 11 is 0. The third-order valence-corrected chi connectivity index (χ3v) is 4.47. The van der Waals surface area contributed by atoms with Crippen LogP contribution in [0.25, 0.3) is 0 Å². The number of nitrogens with one attached hydrogen (secondary N) is 2. The van der Waals surface area contributed by atoms with Crippen molar-refractivity contribution in [2.24, 2.45) is 5.92 Å². The number of hydrogen-bond donors (Lipinski definition) is 2. The summed E-state index contributed by atoms with van der Waals surface area (Å²) in [7, 11) is -3.08. The van der Waals surface area contributed by atoms with Gasteiger partial charge in [0, 0.05) is 18.5 Å². The van der Waals surface area contributed by atoms with Crippen molar-refractivity contribution in [1.82, 2.24) is 5.32 Å². The fraction of sp³-hybridized carbons (Fsp3) is 0.611. The lowest BCUT2D eigenvalue weighted by Crippen LogP contribution is -2.29. The van der Waals surface area contributed by atoms with E-state index in [1.54, 1.807) is 24.3 Å². The van der Waals surface area contributed by atoms with E-state index >= 15 is 0 Å². The highest BCUT2D eigenvalue weighted by molar-refractivity contribution is 7.89. The number of benzene rings is 1. The molecule has 0 aliphatic rings. The van der Waals surface area contributed by atoms with E-state index in [0.717, 1.165) is 18.8 Å². The van der Waals surface area contributed by atoms with E-state index in [4.69, 9.17) is 0 Å². The zero-order valence-corrected chi connectivity index (χ0v) is 15.8. The second-order valence-corrected chi connectivity index (χ2v) is 8.89. The first-order valence-corrected chi connectivity index (χ1v) is 10.6. The number of carbonyl (C=O) groups excluding carboxylic acids is 1. The van der Waals surface area contributed by atoms with Gasteiger partial charge in [0.25, 0.3) is 0 Å². The molecule has 0 spiro atoms. The number of sulfone groups is 1. The molecule has 1 aromatic rings. The number of amides is 2. The van der Waals surface area contributed by atoms with Gasteiger partial charge in [-0.2, -0.15) is 0 Å². The van der Waals surface area contributed by atoms with E-state index in [0.29, 0.717) is 17.8 Å². The molecule has 0 bridgehead atoms. The highest BCUT2D eigenvalue weighted by atomic mass is 32.2. The first-order valence-electron chi connectivity index (χ1n) is 8.58. The first kappa shape index (κ1) is 20.5. The van der Waals surface area contributed by atoms with Gasteiger partial charge in [-0.05, 0) is 30.0 Å². The second kappa shape index (κ2) is 10.3. The molecule has 2 N–H and O–H groups in total. The summed E-state index contributed by atoms with van der Waals surface area (Å²) in [6.45, 7) is 5.12. The Labute approximate surface area is 146 Å². The number of urea groups is 1. The number of carbonyl (C=O) groups is 1. The van der Waals surface area contributed by atoms with Crippen molar-refractivity contribution < 1.29 is 13.2 Å². The minimum absolute atomic E-state index is 0.0273. The highest BCUT2D eigenvalue weighted by Crippen LogP contribution is 2.13. The fourth-order valence-corrected chi connectivity index (χ4v) is 3.24. The summed E-state index contributed by atoms with van der Waals surface area (Å²) in [4.78, 5) is 11.8. The standard InChI is InChI=1S/C18H30N2O3S/c1-15(2)9-6-4-5-7-12-19-18(21)20-17-11-8-10-16(13-17)14-24(3,22)23/h8,10-11,13,15H,4-7,9,12,14H2,1-3H3,(H2,19,20,21). The Hall–Kier alpha value is -1.56. The normalized spacial score (nSPS) is 11.5. The highest BCUT2D eigenvalue weighted by Gasteiger charge is 2.06. The molecule has 0 saturated heterocycles. The Morgan fingerprint density at radius 2 is 1.83 bits per heavy atom. The summed E-state index contributed by atoms with van der Waals surface area (Å²) < 4.78 is 22.6. The molecule has 24 heavy (non-hydrogen) atoms. The Morgan fingerprint density at radius 3 is 2.50 bits per heavy atom. The molecule has 0 aromatic heterocycles. The first-order chi connectivity index (χ1) is 11.3. The average Bonchev–Trinajstić information content (AvgIpc) is 2.44. The van der Waals surface area contributed by atoms with Gasteiger partial charge in [-0.3, -0.25) is 0 Å². The lowest BCUT2D eigenvalue weighted by molar-refractivity contribution is 0.252. The molecule has 6 heteroatoms. The smallest absolute Gasteiger partial charge is 0.319 e. The van der Waals surface area contributed by atoms with E-state index < -0.39 is 9.84 Å². The third kappa shape index (κ3) is 10.3. The molecule has 2 amide bonds. The van der Waals surface area contributed by atoms with Gasteiger partial charge in [0.2, 0.25) is 0 Å². The van der Waals surface area contributed by atoms with Gasteiger partial charge >= 0.3 is 6.03 Å². The van der Waals surface area contributed by atoms with Crippen LogP contribution in [-0.2, 0) is 15.6 Å². The third-order valence-electron chi connectivity index (χ3n) is 3.61. The van der Waals surface area contributed by atoms with Crippen molar-refractivity contribution in [1.29, 1.82) is 0 Å². The van der Waals surface area contributed by atoms with E-state index in [9.17, 15) is 13.2 Å². The molecule has 1 rings (SSSR count). The van der Waals surface area contributed by atoms with Crippen LogP contribution in [-0.4, -0.2) is 27.2 Å². The maximum Gasteiger partial charge on any atom is 0.319 e. The molecule has 0 unspecified atom stereocenters. The molecule has 0 aliphatic heterocycles. The van der Waals surface area contributed by atoms with Gasteiger partial charge in [0.05, 0.1) is 5.75 Å². The van der Waals surface area contributed by atoms with Crippen molar-refractivity contribution in [2.45, 2.75) is 51.7 Å². The van der Waals surface area contributed by atoms with Gasteiger partial charge < -0.3 is 10.6 Å². The molecule has 0 atom stereocenters. The van der Waals surface area contributed by atoms with Crippen LogP contribution in [0, 0.1) is 5.92 Å². The quantitative estimate of drug-likeness (QED) is 0.625. The summed E-state index contributed by atoms with van der Waals surface area (Å²) in [5.74, 6) is 0.730. The van der Waals surface area contributed by atoms with Crippen LogP contribution in [0.5, 0.6) is 0 Å². The van der Waals surface area contributed by atoms with Crippen LogP contribution < -0.4 is 10.6 Å². The lowest BCUT2D eigenvalue weighted by atomic mass is 10.0. The second-order valence-electron chi connectivity index (χ2n) is 6.75. The van der Waals surface area contributed by atoms with E-state index in [2.05, 4.69) is 24.5 Å². The predicted octanol–water partition coefficient (Wildman–Crippen LogP) is 3.96. The monoisotopic (exact) mass is 354 g/mol. The molecular formula is C18H30N2O3S. The molecule has 0 radical (unpaired) electrons. The van der Waals surface area contributed by atoms with Gasteiger partial charge in [-0.25, -0.2) is 13.2 Å². The summed E-state index contributed by atoms with van der Waals surface area (Å²) in [5, 5.41) is 5.57. The Balaban J connectivity index is 2.26. The van der Waals surface area contributed by atoms with Gasteiger partial charge in [0.15, 0.2) is 9.84 Å². The molecule has 1 aromatic carbocycles. The summed E-state index contributed by atoms with van der Waals surface area (Å²) in [6, 6.07) is 6.66. The fourth-order valence-electron chi connectivity index (χ4n) is 2.45. The van der Waals surface area contributed by atoms with Gasteiger partial charge in [-0.15, -0.1) is 0 Å². The summed E-state index contributed by atoms with van der Waals surface area (Å²) in [6.07, 6.45) is 7.00. The number of anilines is 1. The van der Waals surface area contributed by atoms with Crippen LogP contribution in [0.3, 0.4) is 0 Å². The molecule has 0 aliphatic carbocycles. The van der Waals surface area contributed by atoms with Crippen molar-refractivity contribution in [2.75, 3.05) is 18.1 Å². The average molecular weight is 355 g/mol. The number of hydrogen-bond acceptors (Lipinski definition) is 3. The molecule has 136 valence electrons. The van der Waals surface area contributed by atoms with Crippen molar-refractivity contribution >= 4 is 21.6 Å². The van der Waals surface area contributed by atoms with Crippen LogP contribution in [0.4, 0.5) is 10.5 Å². The van der Waals surface area contributed by atoms with Crippen molar-refractivity contribution in [3.63, 3.8) is 0 Å². The van der Waals surface area contributed by atoms with Crippen LogP contribution in [0.15, 0.2) is 24.3 Å². The predicted molar refractivity (Wildman–Crippen MR) is 99.9 cm³/mol. The van der Waals surface area contributed by atoms with Gasteiger partial charge in [-0.1, -0.05) is 51.7 Å². The zero-order chi connectivity index (χ0) is 18.0. The SMILES string of the molecule is CC(C)CCCCCCNC(=O)Nc1cccc(CS(C)(=O)=O)c1. The maximum absolute atomic E-state index is 11.8. The molecule has 5 nitrogen and oxygen atoms in total. The summed E-state index contributed by atoms with van der Waals surface area (Å²) in [5.41, 5.74) is 1.27. The molecule has 0 heterocycles. The Bertz CT molecular complexity index is 612. The topological polar surface area (TPSA) is 75.3 Å². The van der Waals surface area contributed by atoms with Crippen molar-refractivity contribution in [3.8, 4) is 0 Å². The Morgan fingerprint density at radius 1 is 1.12 bits per heavy atom. The zero-order valence-electron chi connectivity index (χ0n) is 15.0. The van der Waals surface area contributed by atoms with Crippen molar-refractivity contribution in [3.05, 3.63) is 29.8 Å². The molecule has 0 saturated carbocycles. The molecular weight excluding hydrogens is 324 g/mol. The minimum Gasteiger partial charge on any atom is -0.338 e.